The van der Waals surface area contributed by atoms with E-state index in [0.717, 1.165) is 11.3 Å². The molecule has 5 nitrogen and oxygen atoms in total. The topological polar surface area (TPSA) is 73.6 Å². The van der Waals surface area contributed by atoms with E-state index in [1.807, 2.05) is 11.5 Å². The van der Waals surface area contributed by atoms with Crippen molar-refractivity contribution in [2.45, 2.75) is 26.2 Å². The SMILES string of the molecule is COc1ccc(OCC(=O)NN)c(C(C)(C)C)c1. The lowest BCUT2D eigenvalue weighted by Crippen LogP contribution is -2.34. The first-order chi connectivity index (χ1) is 8.38. The van der Waals surface area contributed by atoms with Crippen molar-refractivity contribution in [1.29, 1.82) is 0 Å². The van der Waals surface area contributed by atoms with Gasteiger partial charge in [0, 0.05) is 5.56 Å². The molecule has 0 fully saturated rings. The molecule has 0 aliphatic carbocycles. The maximum atomic E-state index is 11.1. The van der Waals surface area contributed by atoms with Crippen LogP contribution in [0, 0.1) is 0 Å². The summed E-state index contributed by atoms with van der Waals surface area (Å²) >= 11 is 0. The molecular weight excluding hydrogens is 232 g/mol. The summed E-state index contributed by atoms with van der Waals surface area (Å²) in [6, 6.07) is 5.50. The third kappa shape index (κ3) is 3.63. The minimum absolute atomic E-state index is 0.105. The predicted molar refractivity (Wildman–Crippen MR) is 69.5 cm³/mol. The van der Waals surface area contributed by atoms with Crippen LogP contribution in [-0.2, 0) is 10.2 Å². The predicted octanol–water partition coefficient (Wildman–Crippen LogP) is 1.36. The van der Waals surface area contributed by atoms with Crippen LogP contribution in [0.25, 0.3) is 0 Å². The van der Waals surface area contributed by atoms with Gasteiger partial charge in [-0.2, -0.15) is 0 Å². The third-order valence-corrected chi connectivity index (χ3v) is 2.51. The zero-order valence-electron chi connectivity index (χ0n) is 11.2. The molecule has 0 bridgehead atoms. The van der Waals surface area contributed by atoms with E-state index in [-0.39, 0.29) is 17.9 Å². The summed E-state index contributed by atoms with van der Waals surface area (Å²) in [6.07, 6.45) is 0. The van der Waals surface area contributed by atoms with Crippen molar-refractivity contribution in [2.24, 2.45) is 5.84 Å². The van der Waals surface area contributed by atoms with E-state index >= 15 is 0 Å². The van der Waals surface area contributed by atoms with E-state index in [9.17, 15) is 4.79 Å². The van der Waals surface area contributed by atoms with E-state index in [0.29, 0.717) is 5.75 Å². The van der Waals surface area contributed by atoms with Gasteiger partial charge >= 0.3 is 0 Å². The van der Waals surface area contributed by atoms with Crippen molar-refractivity contribution < 1.29 is 14.3 Å². The molecule has 1 rings (SSSR count). The fraction of sp³-hybridized carbons (Fsp3) is 0.462. The number of nitrogens with one attached hydrogen (secondary N) is 1. The first-order valence-corrected chi connectivity index (χ1v) is 5.69. The van der Waals surface area contributed by atoms with Crippen molar-refractivity contribution in [2.75, 3.05) is 13.7 Å². The van der Waals surface area contributed by atoms with Gasteiger partial charge in [0.2, 0.25) is 0 Å². The number of amides is 1. The van der Waals surface area contributed by atoms with Gasteiger partial charge in [0.1, 0.15) is 11.5 Å². The summed E-state index contributed by atoms with van der Waals surface area (Å²) in [5, 5.41) is 0. The molecule has 0 atom stereocenters. The van der Waals surface area contributed by atoms with Gasteiger partial charge in [0.15, 0.2) is 6.61 Å². The van der Waals surface area contributed by atoms with Gasteiger partial charge in [-0.05, 0) is 23.6 Å². The molecule has 0 saturated heterocycles. The quantitative estimate of drug-likeness (QED) is 0.482. The Hall–Kier alpha value is -1.75. The highest BCUT2D eigenvalue weighted by Gasteiger charge is 2.20. The Balaban J connectivity index is 2.99. The Labute approximate surface area is 107 Å². The maximum absolute atomic E-state index is 11.1. The number of hydrogen-bond acceptors (Lipinski definition) is 4. The van der Waals surface area contributed by atoms with E-state index in [2.05, 4.69) is 20.8 Å². The number of rotatable bonds is 4. The fourth-order valence-electron chi connectivity index (χ4n) is 1.53. The average molecular weight is 252 g/mol. The highest BCUT2D eigenvalue weighted by atomic mass is 16.5. The summed E-state index contributed by atoms with van der Waals surface area (Å²) in [5.41, 5.74) is 2.90. The van der Waals surface area contributed by atoms with Gasteiger partial charge in [0.25, 0.3) is 5.91 Å². The number of hydrazine groups is 1. The van der Waals surface area contributed by atoms with Crippen LogP contribution in [-0.4, -0.2) is 19.6 Å². The average Bonchev–Trinajstić information content (AvgIpc) is 2.34. The van der Waals surface area contributed by atoms with E-state index < -0.39 is 0 Å². The van der Waals surface area contributed by atoms with Crippen LogP contribution >= 0.6 is 0 Å². The minimum Gasteiger partial charge on any atom is -0.497 e. The van der Waals surface area contributed by atoms with Crippen LogP contribution in [0.4, 0.5) is 0 Å². The molecule has 0 radical (unpaired) electrons. The van der Waals surface area contributed by atoms with Crippen molar-refractivity contribution in [3.05, 3.63) is 23.8 Å². The van der Waals surface area contributed by atoms with E-state index in [1.54, 1.807) is 19.2 Å². The number of benzene rings is 1. The number of nitrogens with two attached hydrogens (primary N) is 1. The van der Waals surface area contributed by atoms with Crippen LogP contribution in [0.1, 0.15) is 26.3 Å². The number of carbonyl (C=O) groups excluding carboxylic acids is 1. The first-order valence-electron chi connectivity index (χ1n) is 5.69. The molecule has 0 unspecified atom stereocenters. The van der Waals surface area contributed by atoms with Crippen LogP contribution in [0.3, 0.4) is 0 Å². The van der Waals surface area contributed by atoms with Crippen LogP contribution < -0.4 is 20.7 Å². The summed E-state index contributed by atoms with van der Waals surface area (Å²) < 4.78 is 10.7. The van der Waals surface area contributed by atoms with Crippen molar-refractivity contribution >= 4 is 5.91 Å². The summed E-state index contributed by atoms with van der Waals surface area (Å²) in [5.74, 6) is 6.06. The second kappa shape index (κ2) is 5.73. The molecule has 1 aromatic rings. The molecule has 0 aliphatic heterocycles. The lowest BCUT2D eigenvalue weighted by Gasteiger charge is -2.23. The summed E-state index contributed by atoms with van der Waals surface area (Å²) in [6.45, 7) is 6.10. The van der Waals surface area contributed by atoms with Crippen LogP contribution in [0.5, 0.6) is 11.5 Å². The standard InChI is InChI=1S/C13H20N2O3/c1-13(2,3)10-7-9(17-4)5-6-11(10)18-8-12(16)15-14/h5-7H,8,14H2,1-4H3,(H,15,16). The van der Waals surface area contributed by atoms with Gasteiger partial charge < -0.3 is 9.47 Å². The molecule has 0 saturated carbocycles. The Morgan fingerprint density at radius 1 is 1.39 bits per heavy atom. The smallest absolute Gasteiger partial charge is 0.271 e. The Morgan fingerprint density at radius 3 is 2.56 bits per heavy atom. The van der Waals surface area contributed by atoms with Crippen molar-refractivity contribution in [3.63, 3.8) is 0 Å². The van der Waals surface area contributed by atoms with E-state index in [4.69, 9.17) is 15.3 Å². The minimum atomic E-state index is -0.370. The molecular formula is C13H20N2O3. The third-order valence-electron chi connectivity index (χ3n) is 2.51. The molecule has 3 N–H and O–H groups in total. The molecule has 100 valence electrons. The monoisotopic (exact) mass is 252 g/mol. The van der Waals surface area contributed by atoms with Gasteiger partial charge in [-0.25, -0.2) is 5.84 Å². The second-order valence-corrected chi connectivity index (χ2v) is 4.97. The number of hydrogen-bond donors (Lipinski definition) is 2. The number of carbonyl (C=O) groups is 1. The molecule has 5 heteroatoms. The Bertz CT molecular complexity index is 425. The van der Waals surface area contributed by atoms with Crippen molar-refractivity contribution in [3.8, 4) is 11.5 Å². The van der Waals surface area contributed by atoms with Crippen molar-refractivity contribution in [1.82, 2.24) is 5.43 Å². The molecule has 18 heavy (non-hydrogen) atoms. The molecule has 0 aliphatic rings. The summed E-state index contributed by atoms with van der Waals surface area (Å²) in [7, 11) is 1.62. The van der Waals surface area contributed by atoms with Gasteiger partial charge in [-0.1, -0.05) is 20.8 Å². The molecule has 0 spiro atoms. The largest absolute Gasteiger partial charge is 0.497 e. The zero-order chi connectivity index (χ0) is 13.8. The second-order valence-electron chi connectivity index (χ2n) is 4.97. The maximum Gasteiger partial charge on any atom is 0.271 e. The Morgan fingerprint density at radius 2 is 2.06 bits per heavy atom. The fourth-order valence-corrected chi connectivity index (χ4v) is 1.53. The van der Waals surface area contributed by atoms with Gasteiger partial charge in [0.05, 0.1) is 7.11 Å². The zero-order valence-corrected chi connectivity index (χ0v) is 11.2. The van der Waals surface area contributed by atoms with Crippen LogP contribution in [0.2, 0.25) is 0 Å². The summed E-state index contributed by atoms with van der Waals surface area (Å²) in [4.78, 5) is 11.1. The lowest BCUT2D eigenvalue weighted by atomic mass is 9.86. The highest BCUT2D eigenvalue weighted by molar-refractivity contribution is 5.76. The Kier molecular flexibility index (Phi) is 4.55. The normalized spacial score (nSPS) is 10.9. The van der Waals surface area contributed by atoms with Gasteiger partial charge in [-0.15, -0.1) is 0 Å². The molecule has 1 amide bonds. The first kappa shape index (κ1) is 14.3. The molecule has 0 aromatic heterocycles. The molecule has 1 aromatic carbocycles. The van der Waals surface area contributed by atoms with Gasteiger partial charge in [-0.3, -0.25) is 10.2 Å². The van der Waals surface area contributed by atoms with E-state index in [1.165, 1.54) is 0 Å². The highest BCUT2D eigenvalue weighted by Crippen LogP contribution is 2.34. The number of methoxy groups -OCH3 is 1. The lowest BCUT2D eigenvalue weighted by molar-refractivity contribution is -0.123. The molecule has 0 heterocycles. The number of ether oxygens (including phenoxy) is 2. The van der Waals surface area contributed by atoms with Crippen LogP contribution in [0.15, 0.2) is 18.2 Å².